The van der Waals surface area contributed by atoms with E-state index in [2.05, 4.69) is 17.4 Å². The topological polar surface area (TPSA) is 67.2 Å². The number of carbonyl (C=O) groups excluding carboxylic acids is 2. The monoisotopic (exact) mass is 400 g/mol. The Morgan fingerprint density at radius 1 is 1.13 bits per heavy atom. The molecule has 2 heterocycles. The molecule has 1 saturated heterocycles. The first-order valence-electron chi connectivity index (χ1n) is 10.0. The number of nitrogens with zero attached hydrogens (tertiary/aromatic N) is 3. The fraction of sp³-hybridized carbons (Fsp3) is 0.208. The van der Waals surface area contributed by atoms with Crippen molar-refractivity contribution in [2.45, 2.75) is 19.5 Å². The van der Waals surface area contributed by atoms with Gasteiger partial charge in [-0.25, -0.2) is 0 Å². The normalized spacial score (nSPS) is 16.6. The van der Waals surface area contributed by atoms with Gasteiger partial charge in [0, 0.05) is 36.5 Å². The van der Waals surface area contributed by atoms with Crippen molar-refractivity contribution in [2.24, 2.45) is 0 Å². The summed E-state index contributed by atoms with van der Waals surface area (Å²) in [7, 11) is 0. The van der Waals surface area contributed by atoms with E-state index < -0.39 is 6.04 Å². The van der Waals surface area contributed by atoms with Crippen LogP contribution in [0.4, 0.5) is 0 Å². The Morgan fingerprint density at radius 3 is 2.57 bits per heavy atom. The minimum absolute atomic E-state index is 0.122. The highest BCUT2D eigenvalue weighted by Gasteiger charge is 2.27. The smallest absolute Gasteiger partial charge is 0.247 e. The number of nitrogens with one attached hydrogen (secondary N) is 1. The molecule has 2 aromatic carbocycles. The molecule has 6 heteroatoms. The van der Waals surface area contributed by atoms with E-state index in [1.54, 1.807) is 17.9 Å². The van der Waals surface area contributed by atoms with Crippen molar-refractivity contribution in [1.82, 2.24) is 20.0 Å². The van der Waals surface area contributed by atoms with Crippen LogP contribution in [0.2, 0.25) is 0 Å². The Balaban J connectivity index is 1.61. The van der Waals surface area contributed by atoms with E-state index >= 15 is 0 Å². The molecule has 0 aliphatic carbocycles. The third-order valence-corrected chi connectivity index (χ3v) is 5.21. The van der Waals surface area contributed by atoms with Crippen LogP contribution in [0.1, 0.15) is 18.1 Å². The number of aromatic nitrogens is 2. The number of amides is 2. The highest BCUT2D eigenvalue weighted by Crippen LogP contribution is 2.23. The lowest BCUT2D eigenvalue weighted by atomic mass is 10.1. The third kappa shape index (κ3) is 4.33. The first kappa shape index (κ1) is 19.6. The second kappa shape index (κ2) is 8.78. The van der Waals surface area contributed by atoms with Gasteiger partial charge < -0.3 is 10.2 Å². The van der Waals surface area contributed by atoms with Crippen LogP contribution in [-0.4, -0.2) is 45.6 Å². The van der Waals surface area contributed by atoms with Gasteiger partial charge in [0.2, 0.25) is 11.8 Å². The fourth-order valence-corrected chi connectivity index (χ4v) is 3.57. The summed E-state index contributed by atoms with van der Waals surface area (Å²) >= 11 is 0. The molecule has 1 aliphatic rings. The van der Waals surface area contributed by atoms with Crippen molar-refractivity contribution in [1.29, 1.82) is 0 Å². The van der Waals surface area contributed by atoms with Gasteiger partial charge in [-0.05, 0) is 18.6 Å². The highest BCUT2D eigenvalue weighted by molar-refractivity contribution is 5.96. The third-order valence-electron chi connectivity index (χ3n) is 5.21. The number of hydrogen-bond donors (Lipinski definition) is 1. The number of hydrogen-bond acceptors (Lipinski definition) is 3. The molecule has 1 aromatic heterocycles. The number of benzene rings is 2. The highest BCUT2D eigenvalue weighted by atomic mass is 16.2. The van der Waals surface area contributed by atoms with Gasteiger partial charge in [-0.3, -0.25) is 14.3 Å². The molecule has 0 spiro atoms. The summed E-state index contributed by atoms with van der Waals surface area (Å²) in [4.78, 5) is 26.2. The molecule has 3 aromatic rings. The predicted octanol–water partition coefficient (Wildman–Crippen LogP) is 2.96. The molecule has 4 rings (SSSR count). The molecule has 152 valence electrons. The van der Waals surface area contributed by atoms with Gasteiger partial charge in [0.25, 0.3) is 0 Å². The van der Waals surface area contributed by atoms with Gasteiger partial charge in [-0.15, -0.1) is 0 Å². The summed E-state index contributed by atoms with van der Waals surface area (Å²) in [6, 6.07) is 19.6. The van der Waals surface area contributed by atoms with Crippen LogP contribution in [0.25, 0.3) is 17.3 Å². The van der Waals surface area contributed by atoms with Crippen molar-refractivity contribution < 1.29 is 9.59 Å². The maximum Gasteiger partial charge on any atom is 0.247 e. The second-order valence-electron chi connectivity index (χ2n) is 7.31. The largest absolute Gasteiger partial charge is 0.353 e. The molecule has 0 radical (unpaired) electrons. The summed E-state index contributed by atoms with van der Waals surface area (Å²) in [6.45, 7) is 3.38. The van der Waals surface area contributed by atoms with E-state index in [4.69, 9.17) is 5.10 Å². The Morgan fingerprint density at radius 2 is 1.83 bits per heavy atom. The molecule has 1 fully saturated rings. The lowest BCUT2D eigenvalue weighted by molar-refractivity contribution is -0.139. The first-order valence-corrected chi connectivity index (χ1v) is 10.0. The summed E-state index contributed by atoms with van der Waals surface area (Å²) in [5.74, 6) is -0.296. The van der Waals surface area contributed by atoms with Crippen LogP contribution in [0.3, 0.4) is 0 Å². The van der Waals surface area contributed by atoms with Crippen molar-refractivity contribution >= 4 is 17.9 Å². The Labute approximate surface area is 175 Å². The molecule has 2 amide bonds. The SMILES string of the molecule is CC1C(=O)NCCN1C(=O)/C=C/c1cn(Cc2ccccc2)nc1-c1ccccc1. The average molecular weight is 400 g/mol. The molecule has 6 nitrogen and oxygen atoms in total. The average Bonchev–Trinajstić information content (AvgIpc) is 3.18. The van der Waals surface area contributed by atoms with Gasteiger partial charge >= 0.3 is 0 Å². The number of carbonyl (C=O) groups is 2. The van der Waals surface area contributed by atoms with Crippen LogP contribution in [0.5, 0.6) is 0 Å². The van der Waals surface area contributed by atoms with Gasteiger partial charge in [-0.1, -0.05) is 60.7 Å². The minimum atomic E-state index is -0.467. The zero-order chi connectivity index (χ0) is 20.9. The number of rotatable bonds is 5. The maximum absolute atomic E-state index is 12.7. The molecule has 0 saturated carbocycles. The molecule has 0 bridgehead atoms. The van der Waals surface area contributed by atoms with Crippen molar-refractivity contribution in [3.63, 3.8) is 0 Å². The van der Waals surface area contributed by atoms with E-state index in [-0.39, 0.29) is 11.8 Å². The van der Waals surface area contributed by atoms with Gasteiger partial charge in [0.05, 0.1) is 12.2 Å². The Bertz CT molecular complexity index is 1060. The molecular weight excluding hydrogens is 376 g/mol. The fourth-order valence-electron chi connectivity index (χ4n) is 3.57. The lowest BCUT2D eigenvalue weighted by Gasteiger charge is -2.31. The van der Waals surface area contributed by atoms with E-state index in [1.807, 2.05) is 59.4 Å². The molecular formula is C24H24N4O2. The van der Waals surface area contributed by atoms with E-state index in [1.165, 1.54) is 6.08 Å². The Kier molecular flexibility index (Phi) is 5.75. The van der Waals surface area contributed by atoms with Gasteiger partial charge in [0.15, 0.2) is 0 Å². The summed E-state index contributed by atoms with van der Waals surface area (Å²) in [6.07, 6.45) is 5.27. The van der Waals surface area contributed by atoms with Crippen LogP contribution < -0.4 is 5.32 Å². The van der Waals surface area contributed by atoms with E-state index in [0.717, 1.165) is 22.4 Å². The van der Waals surface area contributed by atoms with E-state index in [0.29, 0.717) is 19.6 Å². The molecule has 1 atom stereocenters. The van der Waals surface area contributed by atoms with Crippen molar-refractivity contribution in [3.8, 4) is 11.3 Å². The Hall–Kier alpha value is -3.67. The van der Waals surface area contributed by atoms with Crippen molar-refractivity contribution in [3.05, 3.63) is 84.1 Å². The zero-order valence-corrected chi connectivity index (χ0v) is 16.9. The summed E-state index contributed by atoms with van der Waals surface area (Å²) < 4.78 is 1.89. The first-order chi connectivity index (χ1) is 14.6. The maximum atomic E-state index is 12.7. The second-order valence-corrected chi connectivity index (χ2v) is 7.31. The van der Waals surface area contributed by atoms with Crippen LogP contribution >= 0.6 is 0 Å². The van der Waals surface area contributed by atoms with E-state index in [9.17, 15) is 9.59 Å². The minimum Gasteiger partial charge on any atom is -0.353 e. The van der Waals surface area contributed by atoms with Crippen LogP contribution in [0, 0.1) is 0 Å². The molecule has 1 aliphatic heterocycles. The number of piperazine rings is 1. The molecule has 1 N–H and O–H groups in total. The molecule has 30 heavy (non-hydrogen) atoms. The van der Waals surface area contributed by atoms with Crippen LogP contribution in [0.15, 0.2) is 72.9 Å². The molecule has 1 unspecified atom stereocenters. The summed E-state index contributed by atoms with van der Waals surface area (Å²) in [5.41, 5.74) is 3.82. The lowest BCUT2D eigenvalue weighted by Crippen LogP contribution is -2.55. The van der Waals surface area contributed by atoms with Gasteiger partial charge in [0.1, 0.15) is 6.04 Å². The van der Waals surface area contributed by atoms with Gasteiger partial charge in [-0.2, -0.15) is 5.10 Å². The van der Waals surface area contributed by atoms with Crippen LogP contribution in [-0.2, 0) is 16.1 Å². The quantitative estimate of drug-likeness (QED) is 0.670. The van der Waals surface area contributed by atoms with Crippen molar-refractivity contribution in [2.75, 3.05) is 13.1 Å². The summed E-state index contributed by atoms with van der Waals surface area (Å²) in [5, 5.41) is 7.55. The zero-order valence-electron chi connectivity index (χ0n) is 16.9. The predicted molar refractivity (Wildman–Crippen MR) is 116 cm³/mol. The standard InChI is InChI=1S/C24H24N4O2/c1-18-24(30)25-14-15-28(18)22(29)13-12-21-17-27(16-19-8-4-2-5-9-19)26-23(21)20-10-6-3-7-11-20/h2-13,17-18H,14-16H2,1H3,(H,25,30)/b13-12+.